The Bertz CT molecular complexity index is 1150. The first-order valence-electron chi connectivity index (χ1n) is 27.5. The van der Waals surface area contributed by atoms with E-state index in [1.54, 1.807) is 0 Å². The molecule has 0 aliphatic heterocycles. The highest BCUT2D eigenvalue weighted by molar-refractivity contribution is 5.70. The van der Waals surface area contributed by atoms with Crippen molar-refractivity contribution in [2.24, 2.45) is 0 Å². The normalized spacial score (nSPS) is 12.7. The zero-order valence-electron chi connectivity index (χ0n) is 42.5. The summed E-state index contributed by atoms with van der Waals surface area (Å²) < 4.78 is 17.4. The van der Waals surface area contributed by atoms with Crippen LogP contribution < -0.4 is 0 Å². The quantitative estimate of drug-likeness (QED) is 0.0346. The number of unbranched alkanes of at least 4 members (excludes halogenated alkanes) is 27. The monoisotopic (exact) mass is 893 g/mol. The molecule has 0 aromatic heterocycles. The fraction of sp³-hybridized carbons (Fsp3) is 0.763. The summed E-state index contributed by atoms with van der Waals surface area (Å²) in [6.07, 6.45) is 70.6. The average molecular weight is 893 g/mol. The molecule has 64 heavy (non-hydrogen) atoms. The molecule has 0 rings (SSSR count). The number of rotatable bonds is 50. The summed E-state index contributed by atoms with van der Waals surface area (Å²) in [6, 6.07) is 0. The second kappa shape index (κ2) is 54.7. The van der Waals surface area contributed by atoms with Crippen LogP contribution in [-0.2, 0) is 23.8 Å². The van der Waals surface area contributed by atoms with Crippen molar-refractivity contribution in [3.63, 3.8) is 0 Å². The number of carbonyl (C=O) groups is 2. The lowest BCUT2D eigenvalue weighted by molar-refractivity contribution is -0.163. The average Bonchev–Trinajstić information content (AvgIpc) is 3.30. The van der Waals surface area contributed by atoms with E-state index < -0.39 is 6.10 Å². The van der Waals surface area contributed by atoms with E-state index in [-0.39, 0.29) is 25.2 Å². The number of hydrogen-bond donors (Lipinski definition) is 0. The largest absolute Gasteiger partial charge is 0.462 e. The summed E-state index contributed by atoms with van der Waals surface area (Å²) in [4.78, 5) is 25.4. The first-order valence-corrected chi connectivity index (χ1v) is 27.5. The number of carbonyl (C=O) groups excluding carboxylic acids is 2. The van der Waals surface area contributed by atoms with Gasteiger partial charge in [0.05, 0.1) is 6.61 Å². The molecule has 0 N–H and O–H groups in total. The van der Waals surface area contributed by atoms with Gasteiger partial charge in [-0.3, -0.25) is 9.59 Å². The highest BCUT2D eigenvalue weighted by atomic mass is 16.6. The minimum absolute atomic E-state index is 0.0666. The van der Waals surface area contributed by atoms with Crippen LogP contribution >= 0.6 is 0 Å². The molecule has 0 bridgehead atoms. The topological polar surface area (TPSA) is 61.8 Å². The Labute approximate surface area is 397 Å². The molecule has 1 atom stereocenters. The molecular formula is C59H104O5. The predicted molar refractivity (Wildman–Crippen MR) is 279 cm³/mol. The second-order valence-electron chi connectivity index (χ2n) is 18.1. The number of esters is 2. The van der Waals surface area contributed by atoms with Crippen LogP contribution in [0.4, 0.5) is 0 Å². The summed E-state index contributed by atoms with van der Waals surface area (Å²) in [5.74, 6) is -0.438. The molecule has 5 heteroatoms. The van der Waals surface area contributed by atoms with Crippen LogP contribution in [0.25, 0.3) is 0 Å². The predicted octanol–water partition coefficient (Wildman–Crippen LogP) is 18.7. The van der Waals surface area contributed by atoms with Gasteiger partial charge in [-0.2, -0.15) is 0 Å². The van der Waals surface area contributed by atoms with Gasteiger partial charge in [-0.1, -0.05) is 235 Å². The molecule has 0 amide bonds. The van der Waals surface area contributed by atoms with Gasteiger partial charge in [0.1, 0.15) is 6.61 Å². The summed E-state index contributed by atoms with van der Waals surface area (Å²) in [7, 11) is 0. The summed E-state index contributed by atoms with van der Waals surface area (Å²) >= 11 is 0. The van der Waals surface area contributed by atoms with Crippen molar-refractivity contribution in [2.45, 2.75) is 271 Å². The third-order valence-electron chi connectivity index (χ3n) is 11.7. The zero-order chi connectivity index (χ0) is 46.3. The van der Waals surface area contributed by atoms with Crippen LogP contribution in [-0.4, -0.2) is 37.9 Å². The van der Waals surface area contributed by atoms with E-state index in [0.717, 1.165) is 96.3 Å². The standard InChI is InChI=1S/C59H104O5/c1-4-7-10-13-16-19-22-25-27-29-30-31-32-35-37-40-43-46-49-52-58(60)63-56-57(64-59(61)53-50-47-44-41-38-34-24-21-18-15-12-9-6-3)55-62-54-51-48-45-42-39-36-33-28-26-23-20-17-14-11-8-5-2/h9,12,16,18-19,21,25,27,30-31,34,38,57H,4-8,10-11,13-15,17,20,22-24,26,28-29,32-33,35-37,39-56H2,1-3H3/b12-9-,19-16-,21-18-,27-25-,31-30-,38-34-. The molecule has 5 nitrogen and oxygen atoms in total. The van der Waals surface area contributed by atoms with Crippen LogP contribution in [0.5, 0.6) is 0 Å². The van der Waals surface area contributed by atoms with Crippen LogP contribution in [0, 0.1) is 0 Å². The van der Waals surface area contributed by atoms with Crippen LogP contribution in [0.3, 0.4) is 0 Å². The van der Waals surface area contributed by atoms with E-state index in [9.17, 15) is 9.59 Å². The second-order valence-corrected chi connectivity index (χ2v) is 18.1. The Hall–Kier alpha value is -2.66. The van der Waals surface area contributed by atoms with Crippen LogP contribution in [0.15, 0.2) is 72.9 Å². The maximum atomic E-state index is 12.8. The van der Waals surface area contributed by atoms with E-state index in [4.69, 9.17) is 14.2 Å². The third kappa shape index (κ3) is 52.0. The maximum Gasteiger partial charge on any atom is 0.306 e. The molecule has 0 aliphatic carbocycles. The minimum Gasteiger partial charge on any atom is -0.462 e. The van der Waals surface area contributed by atoms with Crippen molar-refractivity contribution in [1.82, 2.24) is 0 Å². The first kappa shape index (κ1) is 61.3. The van der Waals surface area contributed by atoms with E-state index in [1.807, 2.05) is 0 Å². The highest BCUT2D eigenvalue weighted by Gasteiger charge is 2.17. The molecule has 370 valence electrons. The molecule has 0 saturated carbocycles. The van der Waals surface area contributed by atoms with Crippen molar-refractivity contribution in [3.8, 4) is 0 Å². The van der Waals surface area contributed by atoms with Gasteiger partial charge >= 0.3 is 11.9 Å². The minimum atomic E-state index is -0.557. The summed E-state index contributed by atoms with van der Waals surface area (Å²) in [5.41, 5.74) is 0. The Kier molecular flexibility index (Phi) is 52.4. The van der Waals surface area contributed by atoms with Gasteiger partial charge in [-0.15, -0.1) is 0 Å². The molecule has 0 aromatic carbocycles. The Morgan fingerprint density at radius 2 is 0.703 bits per heavy atom. The Morgan fingerprint density at radius 1 is 0.359 bits per heavy atom. The fourth-order valence-corrected chi connectivity index (χ4v) is 7.65. The van der Waals surface area contributed by atoms with Gasteiger partial charge in [0, 0.05) is 19.4 Å². The van der Waals surface area contributed by atoms with Crippen molar-refractivity contribution in [1.29, 1.82) is 0 Å². The molecule has 1 unspecified atom stereocenters. The molecule has 0 saturated heterocycles. The van der Waals surface area contributed by atoms with Gasteiger partial charge in [-0.25, -0.2) is 0 Å². The highest BCUT2D eigenvalue weighted by Crippen LogP contribution is 2.15. The number of ether oxygens (including phenoxy) is 3. The van der Waals surface area contributed by atoms with E-state index in [0.29, 0.717) is 19.4 Å². The van der Waals surface area contributed by atoms with Crippen molar-refractivity contribution >= 4 is 11.9 Å². The van der Waals surface area contributed by atoms with E-state index >= 15 is 0 Å². The first-order chi connectivity index (χ1) is 31.6. The summed E-state index contributed by atoms with van der Waals surface area (Å²) in [5, 5.41) is 0. The van der Waals surface area contributed by atoms with Crippen molar-refractivity contribution < 1.29 is 23.8 Å². The third-order valence-corrected chi connectivity index (χ3v) is 11.7. The van der Waals surface area contributed by atoms with Crippen molar-refractivity contribution in [3.05, 3.63) is 72.9 Å². The van der Waals surface area contributed by atoms with Crippen LogP contribution in [0.1, 0.15) is 265 Å². The molecular weight excluding hydrogens is 789 g/mol. The molecule has 0 heterocycles. The van der Waals surface area contributed by atoms with E-state index in [1.165, 1.54) is 135 Å². The van der Waals surface area contributed by atoms with Gasteiger partial charge < -0.3 is 14.2 Å². The molecule has 0 aliphatic rings. The Balaban J connectivity index is 4.29. The number of hydrogen-bond acceptors (Lipinski definition) is 5. The molecule has 0 fully saturated rings. The van der Waals surface area contributed by atoms with Gasteiger partial charge in [0.25, 0.3) is 0 Å². The summed E-state index contributed by atoms with van der Waals surface area (Å²) in [6.45, 7) is 7.67. The SMILES string of the molecule is CC/C=C\C/C=C\C/C=C\CCCCCC(=O)OC(COCCCCCCCCCCCCCCCCCC)COC(=O)CCCCCCCC/C=C\C/C=C\C/C=C\CCCCC. The van der Waals surface area contributed by atoms with Gasteiger partial charge in [-0.05, 0) is 89.9 Å². The fourth-order valence-electron chi connectivity index (χ4n) is 7.65. The smallest absolute Gasteiger partial charge is 0.306 e. The lowest BCUT2D eigenvalue weighted by Crippen LogP contribution is -2.30. The Morgan fingerprint density at radius 3 is 1.17 bits per heavy atom. The van der Waals surface area contributed by atoms with Gasteiger partial charge in [0.15, 0.2) is 6.10 Å². The van der Waals surface area contributed by atoms with Gasteiger partial charge in [0.2, 0.25) is 0 Å². The number of allylic oxidation sites excluding steroid dienone is 12. The molecule has 0 aromatic rings. The van der Waals surface area contributed by atoms with E-state index in [2.05, 4.69) is 93.7 Å². The maximum absolute atomic E-state index is 12.8. The lowest BCUT2D eigenvalue weighted by Gasteiger charge is -2.18. The lowest BCUT2D eigenvalue weighted by atomic mass is 10.0. The molecule has 0 radical (unpaired) electrons. The van der Waals surface area contributed by atoms with Crippen molar-refractivity contribution in [2.75, 3.05) is 19.8 Å². The zero-order valence-corrected chi connectivity index (χ0v) is 42.5. The molecule has 0 spiro atoms. The van der Waals surface area contributed by atoms with Crippen LogP contribution in [0.2, 0.25) is 0 Å².